The van der Waals surface area contributed by atoms with Crippen LogP contribution in [-0.2, 0) is 0 Å². The van der Waals surface area contributed by atoms with E-state index in [9.17, 15) is 0 Å². The molecule has 11 aromatic carbocycles. The van der Waals surface area contributed by atoms with Crippen LogP contribution in [0.15, 0.2) is 267 Å². The fourth-order valence-corrected chi connectivity index (χ4v) is 9.07. The van der Waals surface area contributed by atoms with Crippen molar-refractivity contribution in [3.05, 3.63) is 267 Å². The zero-order valence-electron chi connectivity index (χ0n) is 35.3. The maximum atomic E-state index is 2.42. The van der Waals surface area contributed by atoms with Crippen LogP contribution in [0.25, 0.3) is 66.1 Å². The first-order valence-electron chi connectivity index (χ1n) is 21.9. The summed E-state index contributed by atoms with van der Waals surface area (Å²) in [6.45, 7) is 0. The number of benzene rings is 11. The van der Waals surface area contributed by atoms with Crippen molar-refractivity contribution in [3.63, 3.8) is 0 Å². The summed E-state index contributed by atoms with van der Waals surface area (Å²) in [6.07, 6.45) is 0. The second-order valence-electron chi connectivity index (χ2n) is 16.2. The molecule has 0 heterocycles. The minimum absolute atomic E-state index is 1.07. The predicted molar refractivity (Wildman–Crippen MR) is 273 cm³/mol. The van der Waals surface area contributed by atoms with Gasteiger partial charge >= 0.3 is 0 Å². The van der Waals surface area contributed by atoms with E-state index in [1.807, 2.05) is 0 Å². The number of hydrogen-bond donors (Lipinski definition) is 0. The highest BCUT2D eigenvalue weighted by Crippen LogP contribution is 2.46. The molecule has 0 aliphatic heterocycles. The van der Waals surface area contributed by atoms with Crippen LogP contribution in [0.2, 0.25) is 0 Å². The van der Waals surface area contributed by atoms with Crippen molar-refractivity contribution in [3.8, 4) is 44.5 Å². The van der Waals surface area contributed by atoms with E-state index >= 15 is 0 Å². The molecule has 11 rings (SSSR count). The Hall–Kier alpha value is -8.46. The monoisotopic (exact) mass is 816 g/mol. The summed E-state index contributed by atoms with van der Waals surface area (Å²) in [5.74, 6) is 0. The standard InChI is InChI=1S/C62H44N2/c1-5-18-45(19-6-1)48-34-36-55(37-35-48)63(56-31-17-28-52(42-56)50-26-15-25-49(40-50)46-20-7-2-8-21-46)58-38-39-60-59-33-14-13-24-53(59)43-62(61(60)44-58)64(54-29-11-4-12-30-54)57-32-16-27-51(41-57)47-22-9-3-10-23-47/h1-44H. The molecule has 302 valence electrons. The molecule has 0 saturated heterocycles. The molecule has 0 atom stereocenters. The van der Waals surface area contributed by atoms with Crippen molar-refractivity contribution >= 4 is 55.7 Å². The van der Waals surface area contributed by atoms with Gasteiger partial charge in [-0.1, -0.05) is 194 Å². The van der Waals surface area contributed by atoms with E-state index in [1.165, 1.54) is 55.1 Å². The molecule has 0 aliphatic rings. The summed E-state index contributed by atoms with van der Waals surface area (Å²) in [7, 11) is 0. The Bertz CT molecular complexity index is 3360. The lowest BCUT2D eigenvalue weighted by atomic mass is 9.97. The minimum Gasteiger partial charge on any atom is -0.310 e. The van der Waals surface area contributed by atoms with E-state index in [0.717, 1.165) is 45.1 Å². The van der Waals surface area contributed by atoms with Gasteiger partial charge in [-0.15, -0.1) is 0 Å². The van der Waals surface area contributed by atoms with Crippen LogP contribution in [0, 0.1) is 0 Å². The predicted octanol–water partition coefficient (Wildman–Crippen LogP) is 17.6. The molecule has 2 heteroatoms. The summed E-state index contributed by atoms with van der Waals surface area (Å²) in [6, 6.07) is 96.4. The number of rotatable bonds is 10. The first kappa shape index (κ1) is 38.5. The van der Waals surface area contributed by atoms with E-state index in [0.29, 0.717) is 0 Å². The SMILES string of the molecule is c1ccc(-c2ccc(N(c3cccc(-c4cccc(-c5ccccc5)c4)c3)c3ccc4c(c3)c(N(c3ccccc3)c3cccc(-c5ccccc5)c3)cc3ccccc34)cc2)cc1. The highest BCUT2D eigenvalue weighted by atomic mass is 15.2. The first-order chi connectivity index (χ1) is 31.7. The number of nitrogens with zero attached hydrogens (tertiary/aromatic N) is 2. The summed E-state index contributed by atoms with van der Waals surface area (Å²) in [4.78, 5) is 4.82. The molecule has 0 saturated carbocycles. The molecule has 0 radical (unpaired) electrons. The number of anilines is 6. The van der Waals surface area contributed by atoms with Gasteiger partial charge < -0.3 is 9.80 Å². The van der Waals surface area contributed by atoms with Crippen LogP contribution in [0.4, 0.5) is 34.1 Å². The van der Waals surface area contributed by atoms with E-state index in [4.69, 9.17) is 0 Å². The first-order valence-corrected chi connectivity index (χ1v) is 21.9. The maximum absolute atomic E-state index is 2.42. The van der Waals surface area contributed by atoms with Crippen LogP contribution >= 0.6 is 0 Å². The number of fused-ring (bicyclic) bond motifs is 3. The summed E-state index contributed by atoms with van der Waals surface area (Å²) in [5.41, 5.74) is 16.0. The van der Waals surface area contributed by atoms with Crippen LogP contribution < -0.4 is 9.80 Å². The molecule has 0 aromatic heterocycles. The fourth-order valence-electron chi connectivity index (χ4n) is 9.07. The van der Waals surface area contributed by atoms with Gasteiger partial charge in [0.2, 0.25) is 0 Å². The topological polar surface area (TPSA) is 6.48 Å². The third kappa shape index (κ3) is 7.59. The number of hydrogen-bond acceptors (Lipinski definition) is 2. The van der Waals surface area contributed by atoms with Crippen molar-refractivity contribution in [2.45, 2.75) is 0 Å². The van der Waals surface area contributed by atoms with Crippen molar-refractivity contribution in [1.82, 2.24) is 0 Å². The molecule has 2 nitrogen and oxygen atoms in total. The van der Waals surface area contributed by atoms with Crippen molar-refractivity contribution in [2.75, 3.05) is 9.80 Å². The normalized spacial score (nSPS) is 11.1. The Labute approximate surface area is 375 Å². The molecule has 0 unspecified atom stereocenters. The zero-order valence-corrected chi connectivity index (χ0v) is 35.3. The Morgan fingerprint density at radius 2 is 0.578 bits per heavy atom. The summed E-state index contributed by atoms with van der Waals surface area (Å²) >= 11 is 0. The maximum Gasteiger partial charge on any atom is 0.0547 e. The second-order valence-corrected chi connectivity index (χ2v) is 16.2. The van der Waals surface area contributed by atoms with Gasteiger partial charge in [0.05, 0.1) is 5.69 Å². The molecule has 0 spiro atoms. The average molecular weight is 817 g/mol. The smallest absolute Gasteiger partial charge is 0.0547 e. The van der Waals surface area contributed by atoms with Crippen molar-refractivity contribution in [1.29, 1.82) is 0 Å². The van der Waals surface area contributed by atoms with E-state index < -0.39 is 0 Å². The summed E-state index contributed by atoms with van der Waals surface area (Å²) in [5, 5.41) is 4.76. The average Bonchev–Trinajstić information content (AvgIpc) is 3.38. The Kier molecular flexibility index (Phi) is 10.3. The zero-order chi connectivity index (χ0) is 42.7. The van der Waals surface area contributed by atoms with E-state index in [-0.39, 0.29) is 0 Å². The molecular formula is C62H44N2. The van der Waals surface area contributed by atoms with Crippen molar-refractivity contribution in [2.24, 2.45) is 0 Å². The van der Waals surface area contributed by atoms with E-state index in [1.54, 1.807) is 0 Å². The lowest BCUT2D eigenvalue weighted by molar-refractivity contribution is 1.28. The molecule has 11 aromatic rings. The van der Waals surface area contributed by atoms with Crippen LogP contribution in [0.5, 0.6) is 0 Å². The Balaban J connectivity index is 1.11. The molecule has 0 fully saturated rings. The second kappa shape index (κ2) is 17.1. The highest BCUT2D eigenvalue weighted by molar-refractivity contribution is 6.15. The van der Waals surface area contributed by atoms with Gasteiger partial charge in [0.25, 0.3) is 0 Å². The third-order valence-corrected chi connectivity index (χ3v) is 12.2. The van der Waals surface area contributed by atoms with Crippen LogP contribution in [0.1, 0.15) is 0 Å². The fraction of sp³-hybridized carbons (Fsp3) is 0. The quantitative estimate of drug-likeness (QED) is 0.127. The van der Waals surface area contributed by atoms with Gasteiger partial charge in [-0.05, 0) is 133 Å². The van der Waals surface area contributed by atoms with Gasteiger partial charge in [0.15, 0.2) is 0 Å². The molecular weight excluding hydrogens is 773 g/mol. The van der Waals surface area contributed by atoms with Gasteiger partial charge in [0, 0.05) is 33.8 Å². The van der Waals surface area contributed by atoms with Gasteiger partial charge in [-0.3, -0.25) is 0 Å². The van der Waals surface area contributed by atoms with Crippen molar-refractivity contribution < 1.29 is 0 Å². The Morgan fingerprint density at radius 1 is 0.188 bits per heavy atom. The molecule has 0 N–H and O–H groups in total. The highest BCUT2D eigenvalue weighted by Gasteiger charge is 2.21. The largest absolute Gasteiger partial charge is 0.310 e. The van der Waals surface area contributed by atoms with Crippen LogP contribution in [-0.4, -0.2) is 0 Å². The number of para-hydroxylation sites is 1. The van der Waals surface area contributed by atoms with E-state index in [2.05, 4.69) is 277 Å². The minimum atomic E-state index is 1.07. The molecule has 64 heavy (non-hydrogen) atoms. The Morgan fingerprint density at radius 3 is 1.20 bits per heavy atom. The summed E-state index contributed by atoms with van der Waals surface area (Å²) < 4.78 is 0. The van der Waals surface area contributed by atoms with Gasteiger partial charge in [0.1, 0.15) is 0 Å². The lowest BCUT2D eigenvalue weighted by Crippen LogP contribution is -2.12. The molecule has 0 amide bonds. The molecule has 0 bridgehead atoms. The van der Waals surface area contributed by atoms with Gasteiger partial charge in [-0.25, -0.2) is 0 Å². The van der Waals surface area contributed by atoms with Gasteiger partial charge in [-0.2, -0.15) is 0 Å². The lowest BCUT2D eigenvalue weighted by Gasteiger charge is -2.30. The third-order valence-electron chi connectivity index (χ3n) is 12.2. The molecule has 0 aliphatic carbocycles. The van der Waals surface area contributed by atoms with Crippen LogP contribution in [0.3, 0.4) is 0 Å².